The molecule has 3 saturated heterocycles. The Labute approximate surface area is 374 Å². The van der Waals surface area contributed by atoms with E-state index in [2.05, 4.69) is 54.5 Å². The maximum atomic E-state index is 13.6. The molecule has 13 nitrogen and oxygen atoms in total. The zero-order valence-electron chi connectivity index (χ0n) is 36.5. The lowest BCUT2D eigenvalue weighted by Gasteiger charge is -2.36. The second kappa shape index (κ2) is 23.4. The minimum absolute atomic E-state index is 0. The number of hydrogen-bond acceptors (Lipinski definition) is 9. The molecule has 0 bridgehead atoms. The second-order valence-electron chi connectivity index (χ2n) is 16.7. The van der Waals surface area contributed by atoms with Crippen molar-refractivity contribution in [2.75, 3.05) is 86.0 Å². The Bertz CT molecular complexity index is 2070. The van der Waals surface area contributed by atoms with Crippen LogP contribution < -0.4 is 24.9 Å². The standard InChI is InChI=1S/C23H32F2N4O2Si.C17H18F2N4O2.C4H8O.ClH/c1-23(2,3)32(4,5)31-18-8-10-21(26-16-18)27-22(30)29-12-6-11-28(13-14-29)17-7-9-19(24)20(25)15-17;18-14-4-2-12(10-15(14)19)22-6-1-7-23(9-8-22)17(25)21-16-5-3-13(24)11-20-16;1-2-4-5-3-1;/h7-10,15-16H,6,11-14H2,1-5H3,(H,26,27,30);2-5,10-11,24H,1,6-9H2,(H,20,21,25);1-4H2;1H. The van der Waals surface area contributed by atoms with Crippen molar-refractivity contribution in [3.05, 3.63) is 96.3 Å². The van der Waals surface area contributed by atoms with Gasteiger partial charge in [0, 0.05) is 89.1 Å². The Morgan fingerprint density at radius 3 is 1.51 bits per heavy atom. The van der Waals surface area contributed by atoms with Gasteiger partial charge < -0.3 is 33.9 Å². The van der Waals surface area contributed by atoms with Crippen LogP contribution in [0.3, 0.4) is 0 Å². The van der Waals surface area contributed by atoms with Crippen molar-refractivity contribution in [2.24, 2.45) is 0 Å². The minimum atomic E-state index is -1.95. The molecule has 2 aromatic carbocycles. The van der Waals surface area contributed by atoms with Gasteiger partial charge in [0.15, 0.2) is 23.3 Å². The molecule has 5 heterocycles. The number of halogens is 5. The van der Waals surface area contributed by atoms with E-state index in [1.54, 1.807) is 28.1 Å². The molecule has 344 valence electrons. The second-order valence-corrected chi connectivity index (χ2v) is 21.4. The van der Waals surface area contributed by atoms with Crippen molar-refractivity contribution in [3.8, 4) is 11.5 Å². The number of urea groups is 2. The van der Waals surface area contributed by atoms with Crippen LogP contribution in [0, 0.1) is 23.3 Å². The third-order valence-corrected chi connectivity index (χ3v) is 15.4. The summed E-state index contributed by atoms with van der Waals surface area (Å²) in [6, 6.07) is 13.7. The molecule has 0 unspecified atom stereocenters. The molecule has 0 aliphatic carbocycles. The third-order valence-electron chi connectivity index (χ3n) is 11.1. The molecule has 3 N–H and O–H groups in total. The number of carbonyl (C=O) groups excluding carboxylic acids is 2. The van der Waals surface area contributed by atoms with E-state index in [-0.39, 0.29) is 35.3 Å². The summed E-state index contributed by atoms with van der Waals surface area (Å²) in [4.78, 5) is 40.6. The summed E-state index contributed by atoms with van der Waals surface area (Å²) in [6.45, 7) is 17.3. The average Bonchev–Trinajstić information content (AvgIpc) is 3.60. The van der Waals surface area contributed by atoms with Crippen LogP contribution >= 0.6 is 12.4 Å². The van der Waals surface area contributed by atoms with Gasteiger partial charge in [-0.1, -0.05) is 20.8 Å². The fraction of sp³-hybridized carbons (Fsp3) is 0.455. The van der Waals surface area contributed by atoms with Crippen LogP contribution in [0.1, 0.15) is 46.5 Å². The summed E-state index contributed by atoms with van der Waals surface area (Å²) in [7, 11) is -1.95. The summed E-state index contributed by atoms with van der Waals surface area (Å²) in [6.07, 6.45) is 6.88. The predicted octanol–water partition coefficient (Wildman–Crippen LogP) is 9.52. The number of anilines is 4. The van der Waals surface area contributed by atoms with E-state index in [0.717, 1.165) is 31.8 Å². The maximum Gasteiger partial charge on any atom is 0.323 e. The van der Waals surface area contributed by atoms with Crippen LogP contribution in [0.25, 0.3) is 0 Å². The topological polar surface area (TPSA) is 136 Å². The van der Waals surface area contributed by atoms with Crippen LogP contribution in [0.2, 0.25) is 18.1 Å². The number of aromatic nitrogens is 2. The molecule has 0 spiro atoms. The van der Waals surface area contributed by atoms with Gasteiger partial charge in [0.2, 0.25) is 0 Å². The molecule has 3 fully saturated rings. The van der Waals surface area contributed by atoms with E-state index in [1.807, 2.05) is 15.9 Å². The molecule has 19 heteroatoms. The van der Waals surface area contributed by atoms with Gasteiger partial charge in [0.25, 0.3) is 8.32 Å². The van der Waals surface area contributed by atoms with Gasteiger partial charge in [-0.25, -0.2) is 37.1 Å². The van der Waals surface area contributed by atoms with Crippen molar-refractivity contribution < 1.29 is 41.4 Å². The van der Waals surface area contributed by atoms with Gasteiger partial charge in [-0.3, -0.25) is 10.6 Å². The van der Waals surface area contributed by atoms with E-state index in [1.165, 1.54) is 49.4 Å². The van der Waals surface area contributed by atoms with E-state index in [4.69, 9.17) is 9.16 Å². The highest BCUT2D eigenvalue weighted by atomic mass is 35.5. The largest absolute Gasteiger partial charge is 0.542 e. The lowest BCUT2D eigenvalue weighted by Crippen LogP contribution is -2.43. The molecule has 0 atom stereocenters. The number of pyridine rings is 2. The number of nitrogens with zero attached hydrogens (tertiary/aromatic N) is 6. The van der Waals surface area contributed by atoms with Gasteiger partial charge in [-0.05, 0) is 92.3 Å². The highest BCUT2D eigenvalue weighted by molar-refractivity contribution is 6.74. The summed E-state index contributed by atoms with van der Waals surface area (Å²) >= 11 is 0. The fourth-order valence-electron chi connectivity index (χ4n) is 6.43. The normalized spacial score (nSPS) is 15.6. The van der Waals surface area contributed by atoms with Crippen LogP contribution in [-0.4, -0.2) is 111 Å². The van der Waals surface area contributed by atoms with Gasteiger partial charge >= 0.3 is 12.1 Å². The number of benzene rings is 2. The molecule has 4 aromatic rings. The molecule has 3 aliphatic heterocycles. The number of carbonyl (C=O) groups is 2. The Morgan fingerprint density at radius 1 is 0.651 bits per heavy atom. The summed E-state index contributed by atoms with van der Waals surface area (Å²) in [5.41, 5.74) is 1.21. The average molecular weight is 920 g/mol. The zero-order chi connectivity index (χ0) is 44.9. The van der Waals surface area contributed by atoms with Crippen molar-refractivity contribution >= 4 is 55.8 Å². The monoisotopic (exact) mass is 918 g/mol. The number of aromatic hydroxyl groups is 1. The van der Waals surface area contributed by atoms with Gasteiger partial charge in [0.1, 0.15) is 23.1 Å². The summed E-state index contributed by atoms with van der Waals surface area (Å²) in [5.74, 6) is -1.95. The Balaban J connectivity index is 0.000000250. The van der Waals surface area contributed by atoms with E-state index in [0.29, 0.717) is 87.5 Å². The fourth-order valence-corrected chi connectivity index (χ4v) is 7.45. The number of ether oxygens (including phenoxy) is 1. The molecule has 63 heavy (non-hydrogen) atoms. The summed E-state index contributed by atoms with van der Waals surface area (Å²) in [5, 5.41) is 14.8. The van der Waals surface area contributed by atoms with Crippen molar-refractivity contribution in [1.29, 1.82) is 0 Å². The van der Waals surface area contributed by atoms with Crippen molar-refractivity contribution in [1.82, 2.24) is 19.8 Å². The molecule has 4 amide bonds. The highest BCUT2D eigenvalue weighted by Gasteiger charge is 2.39. The first kappa shape index (κ1) is 50.3. The molecular weight excluding hydrogens is 860 g/mol. The molecular formula is C44H59ClF4N8O5Si. The van der Waals surface area contributed by atoms with Crippen LogP contribution in [0.4, 0.5) is 50.2 Å². The lowest BCUT2D eigenvalue weighted by atomic mass is 10.2. The first-order valence-electron chi connectivity index (χ1n) is 20.9. The highest BCUT2D eigenvalue weighted by Crippen LogP contribution is 2.37. The van der Waals surface area contributed by atoms with E-state index in [9.17, 15) is 32.3 Å². The SMILES string of the molecule is C1CCOC1.CC(C)(C)[Si](C)(C)Oc1ccc(NC(=O)N2CCCN(c3ccc(F)c(F)c3)CC2)nc1.Cl.O=C(Nc1ccc(O)cn1)N1CCCN(c2ccc(F)c(F)c2)CC1. The lowest BCUT2D eigenvalue weighted by molar-refractivity contribution is 0.198. The Morgan fingerprint density at radius 2 is 1.13 bits per heavy atom. The zero-order valence-corrected chi connectivity index (χ0v) is 38.3. The van der Waals surface area contributed by atoms with E-state index >= 15 is 0 Å². The van der Waals surface area contributed by atoms with Crippen LogP contribution in [0.5, 0.6) is 11.5 Å². The first-order valence-corrected chi connectivity index (χ1v) is 23.8. The predicted molar refractivity (Wildman–Crippen MR) is 243 cm³/mol. The number of nitrogens with one attached hydrogen (secondary N) is 2. The van der Waals surface area contributed by atoms with Gasteiger partial charge in [0.05, 0.1) is 12.4 Å². The maximum absolute atomic E-state index is 13.6. The molecule has 7 rings (SSSR count). The van der Waals surface area contributed by atoms with Gasteiger partial charge in [-0.2, -0.15) is 0 Å². The van der Waals surface area contributed by atoms with Crippen LogP contribution in [0.15, 0.2) is 73.1 Å². The van der Waals surface area contributed by atoms with Crippen LogP contribution in [-0.2, 0) is 4.74 Å². The molecule has 0 saturated carbocycles. The number of amides is 4. The smallest absolute Gasteiger partial charge is 0.323 e. The summed E-state index contributed by atoms with van der Waals surface area (Å²) < 4.78 is 64.4. The van der Waals surface area contributed by atoms with Crippen molar-refractivity contribution in [2.45, 2.75) is 64.6 Å². The molecule has 3 aliphatic rings. The Kier molecular flexibility index (Phi) is 18.7. The number of rotatable bonds is 6. The first-order chi connectivity index (χ1) is 29.5. The van der Waals surface area contributed by atoms with Crippen molar-refractivity contribution in [3.63, 3.8) is 0 Å². The Hall–Kier alpha value is -5.33. The third kappa shape index (κ3) is 15.2. The van der Waals surface area contributed by atoms with E-state index < -0.39 is 31.6 Å². The minimum Gasteiger partial charge on any atom is -0.542 e. The molecule has 0 radical (unpaired) electrons. The molecule has 2 aromatic heterocycles. The number of hydrogen-bond donors (Lipinski definition) is 3. The van der Waals surface area contributed by atoms with Gasteiger partial charge in [-0.15, -0.1) is 12.4 Å². The quantitative estimate of drug-likeness (QED) is 0.128.